The van der Waals surface area contributed by atoms with E-state index in [1.54, 1.807) is 0 Å². The predicted molar refractivity (Wildman–Crippen MR) is 111 cm³/mol. The van der Waals surface area contributed by atoms with Gasteiger partial charge in [0.1, 0.15) is 6.29 Å². The standard InChI is InChI=1S/C23H23F3N4/c24-23(25,26)18-12-10-17(11-13-18)14-29-20-9-5-4-8-19(20)21(27)30(22(29)28)15-16-6-2-1-3-7-16/h1-13,21-22H,14-15,27-28H2. The van der Waals surface area contributed by atoms with E-state index in [0.29, 0.717) is 13.1 Å². The predicted octanol–water partition coefficient (Wildman–Crippen LogP) is 4.43. The Hall–Kier alpha value is -2.87. The van der Waals surface area contributed by atoms with Gasteiger partial charge in [-0.1, -0.05) is 60.7 Å². The topological polar surface area (TPSA) is 58.5 Å². The first-order valence-electron chi connectivity index (χ1n) is 9.67. The Balaban J connectivity index is 1.64. The average molecular weight is 412 g/mol. The van der Waals surface area contributed by atoms with Crippen LogP contribution in [0.4, 0.5) is 18.9 Å². The van der Waals surface area contributed by atoms with Crippen LogP contribution in [0.2, 0.25) is 0 Å². The Bertz CT molecular complexity index is 989. The number of halogens is 3. The largest absolute Gasteiger partial charge is 0.416 e. The van der Waals surface area contributed by atoms with E-state index in [9.17, 15) is 13.2 Å². The van der Waals surface area contributed by atoms with Crippen LogP contribution in [0.3, 0.4) is 0 Å². The van der Waals surface area contributed by atoms with Crippen LogP contribution in [0.1, 0.15) is 28.4 Å². The van der Waals surface area contributed by atoms with Crippen molar-refractivity contribution in [3.8, 4) is 0 Å². The Morgan fingerprint density at radius 1 is 0.733 bits per heavy atom. The van der Waals surface area contributed by atoms with Crippen LogP contribution >= 0.6 is 0 Å². The molecule has 156 valence electrons. The summed E-state index contributed by atoms with van der Waals surface area (Å²) < 4.78 is 38.7. The molecule has 0 spiro atoms. The van der Waals surface area contributed by atoms with Gasteiger partial charge in [0.15, 0.2) is 0 Å². The Morgan fingerprint density at radius 3 is 2.00 bits per heavy atom. The summed E-state index contributed by atoms with van der Waals surface area (Å²) in [7, 11) is 0. The van der Waals surface area contributed by atoms with Gasteiger partial charge in [-0.3, -0.25) is 5.73 Å². The van der Waals surface area contributed by atoms with Crippen molar-refractivity contribution in [3.63, 3.8) is 0 Å². The summed E-state index contributed by atoms with van der Waals surface area (Å²) in [6, 6.07) is 22.8. The van der Waals surface area contributed by atoms with Crippen molar-refractivity contribution in [3.05, 3.63) is 101 Å². The number of hydrogen-bond donors (Lipinski definition) is 2. The maximum absolute atomic E-state index is 12.9. The van der Waals surface area contributed by atoms with Crippen LogP contribution in [-0.2, 0) is 19.3 Å². The highest BCUT2D eigenvalue weighted by Crippen LogP contribution is 2.37. The van der Waals surface area contributed by atoms with Gasteiger partial charge in [0, 0.05) is 24.3 Å². The minimum absolute atomic E-state index is 0.369. The van der Waals surface area contributed by atoms with Gasteiger partial charge in [-0.25, -0.2) is 4.90 Å². The number of fused-ring (bicyclic) bond motifs is 1. The van der Waals surface area contributed by atoms with Crippen LogP contribution in [0.25, 0.3) is 0 Å². The van der Waals surface area contributed by atoms with Gasteiger partial charge in [-0.05, 0) is 29.3 Å². The lowest BCUT2D eigenvalue weighted by Gasteiger charge is -2.47. The fraction of sp³-hybridized carbons (Fsp3) is 0.217. The van der Waals surface area contributed by atoms with Crippen molar-refractivity contribution < 1.29 is 13.2 Å². The molecule has 0 aliphatic carbocycles. The molecule has 0 fully saturated rings. The lowest BCUT2D eigenvalue weighted by molar-refractivity contribution is -0.137. The molecule has 0 radical (unpaired) electrons. The van der Waals surface area contributed by atoms with Crippen LogP contribution < -0.4 is 16.4 Å². The van der Waals surface area contributed by atoms with Crippen molar-refractivity contribution in [2.45, 2.75) is 31.7 Å². The molecule has 4 nitrogen and oxygen atoms in total. The molecule has 2 atom stereocenters. The number of para-hydroxylation sites is 1. The van der Waals surface area contributed by atoms with E-state index in [0.717, 1.165) is 34.5 Å². The highest BCUT2D eigenvalue weighted by Gasteiger charge is 2.35. The van der Waals surface area contributed by atoms with Crippen LogP contribution in [0.15, 0.2) is 78.9 Å². The summed E-state index contributed by atoms with van der Waals surface area (Å²) in [4.78, 5) is 3.96. The maximum Gasteiger partial charge on any atom is 0.416 e. The fourth-order valence-corrected chi connectivity index (χ4v) is 3.82. The van der Waals surface area contributed by atoms with Crippen LogP contribution in [-0.4, -0.2) is 11.2 Å². The number of nitrogens with zero attached hydrogens (tertiary/aromatic N) is 2. The second-order valence-corrected chi connectivity index (χ2v) is 7.40. The number of rotatable bonds is 4. The highest BCUT2D eigenvalue weighted by molar-refractivity contribution is 5.57. The quantitative estimate of drug-likeness (QED) is 0.666. The lowest BCUT2D eigenvalue weighted by Crippen LogP contribution is -2.59. The summed E-state index contributed by atoms with van der Waals surface area (Å²) in [5.41, 5.74) is 16.1. The molecule has 2 unspecified atom stereocenters. The van der Waals surface area contributed by atoms with E-state index in [4.69, 9.17) is 11.5 Å². The first-order valence-corrected chi connectivity index (χ1v) is 9.67. The van der Waals surface area contributed by atoms with Crippen LogP contribution in [0.5, 0.6) is 0 Å². The zero-order valence-electron chi connectivity index (χ0n) is 16.3. The van der Waals surface area contributed by atoms with Gasteiger partial charge in [-0.2, -0.15) is 13.2 Å². The van der Waals surface area contributed by atoms with Crippen molar-refractivity contribution in [1.29, 1.82) is 0 Å². The molecule has 0 saturated heterocycles. The number of alkyl halides is 3. The van der Waals surface area contributed by atoms with Crippen molar-refractivity contribution in [2.75, 3.05) is 4.90 Å². The third-order valence-corrected chi connectivity index (χ3v) is 5.42. The molecule has 0 bridgehead atoms. The summed E-state index contributed by atoms with van der Waals surface area (Å²) in [5, 5.41) is 0. The molecule has 3 aromatic rings. The molecule has 3 aromatic carbocycles. The Morgan fingerprint density at radius 2 is 1.33 bits per heavy atom. The van der Waals surface area contributed by atoms with E-state index in [-0.39, 0.29) is 6.17 Å². The second kappa shape index (κ2) is 8.10. The zero-order chi connectivity index (χ0) is 21.3. The van der Waals surface area contributed by atoms with E-state index in [1.165, 1.54) is 12.1 Å². The fourth-order valence-electron chi connectivity index (χ4n) is 3.82. The van der Waals surface area contributed by atoms with E-state index < -0.39 is 18.0 Å². The molecule has 1 aliphatic rings. The summed E-state index contributed by atoms with van der Waals surface area (Å²) in [6.07, 6.45) is -5.27. The van der Waals surface area contributed by atoms with Gasteiger partial charge in [-0.15, -0.1) is 0 Å². The molecular formula is C23H23F3N4. The van der Waals surface area contributed by atoms with Gasteiger partial charge in [0.25, 0.3) is 0 Å². The molecule has 7 heteroatoms. The molecular weight excluding hydrogens is 389 g/mol. The third-order valence-electron chi connectivity index (χ3n) is 5.42. The van der Waals surface area contributed by atoms with Gasteiger partial charge in [0.2, 0.25) is 0 Å². The molecule has 4 rings (SSSR count). The van der Waals surface area contributed by atoms with Crippen molar-refractivity contribution in [2.24, 2.45) is 11.5 Å². The number of anilines is 1. The lowest BCUT2D eigenvalue weighted by atomic mass is 10.0. The monoisotopic (exact) mass is 412 g/mol. The summed E-state index contributed by atoms with van der Waals surface area (Å²) in [5.74, 6) is 0. The first kappa shape index (κ1) is 20.4. The SMILES string of the molecule is NC1c2ccccc2N(Cc2ccc(C(F)(F)F)cc2)C(N)N1Cc1ccccc1. The number of benzene rings is 3. The van der Waals surface area contributed by atoms with Gasteiger partial charge >= 0.3 is 6.18 Å². The molecule has 1 aliphatic heterocycles. The first-order chi connectivity index (χ1) is 14.3. The van der Waals surface area contributed by atoms with Crippen molar-refractivity contribution >= 4 is 5.69 Å². The van der Waals surface area contributed by atoms with E-state index in [1.807, 2.05) is 64.4 Å². The van der Waals surface area contributed by atoms with Gasteiger partial charge < -0.3 is 10.6 Å². The molecule has 1 heterocycles. The third kappa shape index (κ3) is 4.05. The minimum Gasteiger partial charge on any atom is -0.339 e. The number of hydrogen-bond acceptors (Lipinski definition) is 4. The smallest absolute Gasteiger partial charge is 0.339 e. The minimum atomic E-state index is -4.36. The molecule has 30 heavy (non-hydrogen) atoms. The Labute approximate surface area is 173 Å². The van der Waals surface area contributed by atoms with Gasteiger partial charge in [0.05, 0.1) is 11.7 Å². The molecule has 0 saturated carbocycles. The number of nitrogens with two attached hydrogens (primary N) is 2. The Kier molecular flexibility index (Phi) is 5.51. The van der Waals surface area contributed by atoms with Crippen molar-refractivity contribution in [1.82, 2.24) is 4.90 Å². The molecule has 0 amide bonds. The average Bonchev–Trinajstić information content (AvgIpc) is 2.75. The molecule has 0 aromatic heterocycles. The van der Waals surface area contributed by atoms with Crippen LogP contribution in [0, 0.1) is 0 Å². The second-order valence-electron chi connectivity index (χ2n) is 7.40. The summed E-state index contributed by atoms with van der Waals surface area (Å²) >= 11 is 0. The molecule has 4 N–H and O–H groups in total. The van der Waals surface area contributed by atoms with E-state index in [2.05, 4.69) is 0 Å². The summed E-state index contributed by atoms with van der Waals surface area (Å²) in [6.45, 7) is 0.926. The zero-order valence-corrected chi connectivity index (χ0v) is 16.3. The van der Waals surface area contributed by atoms with E-state index >= 15 is 0 Å². The highest BCUT2D eigenvalue weighted by atomic mass is 19.4. The maximum atomic E-state index is 12.9. The normalized spacial score (nSPS) is 19.6.